The average molecular weight is 311 g/mol. The van der Waals surface area contributed by atoms with E-state index in [1.54, 1.807) is 0 Å². The fraction of sp³-hybridized carbons (Fsp3) is 0.167. The van der Waals surface area contributed by atoms with Gasteiger partial charge in [0, 0.05) is 0 Å². The molecule has 1 aromatic rings. The van der Waals surface area contributed by atoms with E-state index in [0.29, 0.717) is 4.60 Å². The van der Waals surface area contributed by atoms with Crippen molar-refractivity contribution in [3.63, 3.8) is 0 Å². The molecule has 0 bridgehead atoms. The van der Waals surface area contributed by atoms with Gasteiger partial charge in [0.05, 0.1) is 17.4 Å². The van der Waals surface area contributed by atoms with E-state index in [1.165, 1.54) is 12.4 Å². The Bertz CT molecular complexity index is 459. The molecule has 0 saturated heterocycles. The van der Waals surface area contributed by atoms with Crippen LogP contribution in [0.25, 0.3) is 0 Å². The van der Waals surface area contributed by atoms with Crippen LogP contribution in [-0.4, -0.2) is 29.1 Å². The lowest BCUT2D eigenvalue weighted by molar-refractivity contribution is 0.604. The summed E-state index contributed by atoms with van der Waals surface area (Å²) in [6.07, 6.45) is 2.65. The lowest BCUT2D eigenvalue weighted by Crippen LogP contribution is -2.26. The van der Waals surface area contributed by atoms with E-state index >= 15 is 0 Å². The molecule has 0 aromatic carbocycles. The highest BCUT2D eigenvalue weighted by atomic mass is 79.9. The number of nitrogens with zero attached hydrogens (tertiary/aromatic N) is 2. The third kappa shape index (κ3) is 4.49. The topological polar surface area (TPSA) is 98.0 Å². The Morgan fingerprint density at radius 1 is 1.53 bits per heavy atom. The Balaban J connectivity index is 2.78. The Labute approximate surface area is 100 Å². The quantitative estimate of drug-likeness (QED) is 0.775. The van der Waals surface area contributed by atoms with Crippen LogP contribution in [0.2, 0.25) is 0 Å². The molecule has 9 heteroatoms. The minimum atomic E-state index is -3.58. The summed E-state index contributed by atoms with van der Waals surface area (Å²) in [4.78, 5) is 7.49. The van der Waals surface area contributed by atoms with Crippen molar-refractivity contribution in [3.8, 4) is 0 Å². The van der Waals surface area contributed by atoms with Crippen LogP contribution in [0.4, 0.5) is 5.82 Å². The van der Waals surface area contributed by atoms with E-state index in [0.717, 1.165) is 0 Å². The fourth-order valence-electron chi connectivity index (χ4n) is 0.748. The van der Waals surface area contributed by atoms with Crippen LogP contribution in [0.1, 0.15) is 0 Å². The molecule has 15 heavy (non-hydrogen) atoms. The van der Waals surface area contributed by atoms with Gasteiger partial charge in [-0.3, -0.25) is 4.72 Å². The van der Waals surface area contributed by atoms with Crippen molar-refractivity contribution in [2.75, 3.05) is 10.5 Å². The van der Waals surface area contributed by atoms with Gasteiger partial charge in [0.2, 0.25) is 10.0 Å². The lowest BCUT2D eigenvalue weighted by atomic mass is 10.7. The SMILES string of the molecule is NC(=S)CS(=O)(=O)Nc1cnc(Br)cn1. The number of thiocarbonyl (C=S) groups is 1. The van der Waals surface area contributed by atoms with Crippen molar-refractivity contribution in [3.05, 3.63) is 17.0 Å². The Morgan fingerprint density at radius 3 is 2.67 bits per heavy atom. The van der Waals surface area contributed by atoms with E-state index in [9.17, 15) is 8.42 Å². The number of nitrogens with one attached hydrogen (secondary N) is 1. The highest BCUT2D eigenvalue weighted by Crippen LogP contribution is 2.07. The molecule has 3 N–H and O–H groups in total. The van der Waals surface area contributed by atoms with Gasteiger partial charge in [-0.05, 0) is 15.9 Å². The summed E-state index contributed by atoms with van der Waals surface area (Å²) in [5, 5.41) is 0. The molecule has 1 heterocycles. The normalized spacial score (nSPS) is 11.0. The molecule has 0 saturated carbocycles. The monoisotopic (exact) mass is 310 g/mol. The highest BCUT2D eigenvalue weighted by molar-refractivity contribution is 9.10. The van der Waals surface area contributed by atoms with E-state index in [-0.39, 0.29) is 10.8 Å². The van der Waals surface area contributed by atoms with Gasteiger partial charge in [-0.15, -0.1) is 0 Å². The first-order chi connectivity index (χ1) is 6.89. The molecule has 1 aromatic heterocycles. The molecule has 6 nitrogen and oxygen atoms in total. The first-order valence-corrected chi connectivity index (χ1v) is 6.51. The summed E-state index contributed by atoms with van der Waals surface area (Å²) in [7, 11) is -3.58. The maximum absolute atomic E-state index is 11.3. The molecule has 0 amide bonds. The van der Waals surface area contributed by atoms with Gasteiger partial charge in [0.1, 0.15) is 10.4 Å². The summed E-state index contributed by atoms with van der Waals surface area (Å²) in [5.41, 5.74) is 5.13. The summed E-state index contributed by atoms with van der Waals surface area (Å²) < 4.78 is 25.4. The third-order valence-electron chi connectivity index (χ3n) is 1.21. The van der Waals surface area contributed by atoms with Crippen molar-refractivity contribution in [2.45, 2.75) is 0 Å². The fourth-order valence-corrected chi connectivity index (χ4v) is 2.29. The van der Waals surface area contributed by atoms with Crippen LogP contribution < -0.4 is 10.5 Å². The van der Waals surface area contributed by atoms with Gasteiger partial charge in [0.25, 0.3) is 0 Å². The molecule has 0 fully saturated rings. The van der Waals surface area contributed by atoms with Crippen LogP contribution >= 0.6 is 28.1 Å². The maximum atomic E-state index is 11.3. The predicted molar refractivity (Wildman–Crippen MR) is 63.9 cm³/mol. The molecule has 0 aliphatic heterocycles. The van der Waals surface area contributed by atoms with Crippen molar-refractivity contribution >= 4 is 49.0 Å². The van der Waals surface area contributed by atoms with Crippen molar-refractivity contribution in [1.29, 1.82) is 0 Å². The lowest BCUT2D eigenvalue weighted by Gasteiger charge is -2.05. The van der Waals surface area contributed by atoms with Gasteiger partial charge < -0.3 is 5.73 Å². The summed E-state index contributed by atoms with van der Waals surface area (Å²) in [6.45, 7) is 0. The number of anilines is 1. The molecule has 82 valence electrons. The predicted octanol–water partition coefficient (Wildman–Crippen LogP) is 0.267. The highest BCUT2D eigenvalue weighted by Gasteiger charge is 2.12. The number of rotatable bonds is 4. The van der Waals surface area contributed by atoms with Crippen molar-refractivity contribution in [1.82, 2.24) is 9.97 Å². The van der Waals surface area contributed by atoms with Gasteiger partial charge in [-0.1, -0.05) is 12.2 Å². The largest absolute Gasteiger partial charge is 0.392 e. The molecule has 1 rings (SSSR count). The minimum Gasteiger partial charge on any atom is -0.392 e. The van der Waals surface area contributed by atoms with Crippen molar-refractivity contribution < 1.29 is 8.42 Å². The van der Waals surface area contributed by atoms with Gasteiger partial charge >= 0.3 is 0 Å². The minimum absolute atomic E-state index is 0.104. The summed E-state index contributed by atoms with van der Waals surface area (Å²) in [6, 6.07) is 0. The second-order valence-corrected chi connectivity index (χ2v) is 5.61. The molecule has 0 radical (unpaired) electrons. The van der Waals surface area contributed by atoms with Gasteiger partial charge in [-0.25, -0.2) is 18.4 Å². The van der Waals surface area contributed by atoms with E-state index < -0.39 is 15.8 Å². The molecule has 0 unspecified atom stereocenters. The zero-order valence-electron chi connectivity index (χ0n) is 7.34. The first kappa shape index (κ1) is 12.3. The van der Waals surface area contributed by atoms with E-state index in [4.69, 9.17) is 5.73 Å². The second kappa shape index (κ2) is 4.81. The van der Waals surface area contributed by atoms with Crippen LogP contribution in [0.15, 0.2) is 17.0 Å². The van der Waals surface area contributed by atoms with Crippen molar-refractivity contribution in [2.24, 2.45) is 5.73 Å². The smallest absolute Gasteiger partial charge is 0.240 e. The van der Waals surface area contributed by atoms with Crippen LogP contribution in [0, 0.1) is 0 Å². The first-order valence-electron chi connectivity index (χ1n) is 3.65. The van der Waals surface area contributed by atoms with Gasteiger partial charge in [-0.2, -0.15) is 0 Å². The molecule has 0 aliphatic rings. The standard InChI is InChI=1S/C6H7BrN4O2S2/c7-4-1-10-6(2-9-4)11-15(12,13)3-5(8)14/h1-2H,3H2,(H2,8,14)(H,10,11). The van der Waals surface area contributed by atoms with E-state index in [2.05, 4.69) is 42.8 Å². The average Bonchev–Trinajstić information content (AvgIpc) is 2.06. The molecular weight excluding hydrogens is 304 g/mol. The Morgan fingerprint density at radius 2 is 2.20 bits per heavy atom. The Kier molecular flexibility index (Phi) is 3.94. The molecule has 0 spiro atoms. The number of hydrogen-bond acceptors (Lipinski definition) is 5. The zero-order valence-corrected chi connectivity index (χ0v) is 10.6. The summed E-state index contributed by atoms with van der Waals surface area (Å²) >= 11 is 7.57. The second-order valence-electron chi connectivity index (χ2n) is 2.55. The third-order valence-corrected chi connectivity index (χ3v) is 3.16. The maximum Gasteiger partial charge on any atom is 0.240 e. The molecular formula is C6H7BrN4O2S2. The summed E-state index contributed by atoms with van der Waals surface area (Å²) in [5.74, 6) is -0.297. The Hall–Kier alpha value is -0.800. The van der Waals surface area contributed by atoms with Crippen LogP contribution in [0.3, 0.4) is 0 Å². The number of sulfonamides is 1. The number of aromatic nitrogens is 2. The number of hydrogen-bond donors (Lipinski definition) is 2. The number of halogens is 1. The van der Waals surface area contributed by atoms with Gasteiger partial charge in [0.15, 0.2) is 5.82 Å². The van der Waals surface area contributed by atoms with Crippen LogP contribution in [0.5, 0.6) is 0 Å². The molecule has 0 aliphatic carbocycles. The zero-order chi connectivity index (χ0) is 11.5. The van der Waals surface area contributed by atoms with Crippen LogP contribution in [-0.2, 0) is 10.0 Å². The molecule has 0 atom stereocenters. The van der Waals surface area contributed by atoms with E-state index in [1.807, 2.05) is 0 Å². The number of nitrogens with two attached hydrogens (primary N) is 1.